The summed E-state index contributed by atoms with van der Waals surface area (Å²) in [6.45, 7) is 2.29. The highest BCUT2D eigenvalue weighted by molar-refractivity contribution is 5.81. The van der Waals surface area contributed by atoms with Crippen molar-refractivity contribution in [2.75, 3.05) is 5.32 Å². The number of hydrogen-bond acceptors (Lipinski definition) is 2. The van der Waals surface area contributed by atoms with Crippen molar-refractivity contribution < 1.29 is 0 Å². The van der Waals surface area contributed by atoms with E-state index in [4.69, 9.17) is 0 Å². The Morgan fingerprint density at radius 2 is 2.17 bits per heavy atom. The third-order valence-electron chi connectivity index (χ3n) is 4.13. The van der Waals surface area contributed by atoms with Gasteiger partial charge in [0.25, 0.3) is 0 Å². The topological polar surface area (TPSA) is 24.9 Å². The van der Waals surface area contributed by atoms with Gasteiger partial charge in [0.1, 0.15) is 0 Å². The Hall–Kier alpha value is -1.57. The fourth-order valence-electron chi connectivity index (χ4n) is 3.08. The lowest BCUT2D eigenvalue weighted by Crippen LogP contribution is -2.23. The number of nitrogens with one attached hydrogen (secondary N) is 1. The molecule has 0 radical (unpaired) electrons. The van der Waals surface area contributed by atoms with Gasteiger partial charge in [-0.1, -0.05) is 38.0 Å². The van der Waals surface area contributed by atoms with Gasteiger partial charge in [-0.05, 0) is 30.9 Å². The molecule has 0 saturated heterocycles. The minimum absolute atomic E-state index is 0.637. The standard InChI is InChI=1S/C16H20N2/c1-2-12-7-5-9-16(12)18-14-10-13-6-3-4-8-15(13)17-11-14/h3-4,6,8,10-12,16,18H,2,5,7,9H2,1H3. The van der Waals surface area contributed by atoms with Gasteiger partial charge in [0.05, 0.1) is 17.4 Å². The van der Waals surface area contributed by atoms with Crippen molar-refractivity contribution in [3.05, 3.63) is 36.5 Å². The second-order valence-corrected chi connectivity index (χ2v) is 5.27. The van der Waals surface area contributed by atoms with Crippen LogP contribution < -0.4 is 5.32 Å². The number of hydrogen-bond donors (Lipinski definition) is 1. The molecular formula is C16H20N2. The van der Waals surface area contributed by atoms with Gasteiger partial charge in [0.2, 0.25) is 0 Å². The summed E-state index contributed by atoms with van der Waals surface area (Å²) in [5.74, 6) is 0.830. The van der Waals surface area contributed by atoms with Crippen LogP contribution in [-0.4, -0.2) is 11.0 Å². The highest BCUT2D eigenvalue weighted by Crippen LogP contribution is 2.31. The molecule has 1 N–H and O–H groups in total. The summed E-state index contributed by atoms with van der Waals surface area (Å²) < 4.78 is 0. The minimum Gasteiger partial charge on any atom is -0.381 e. The van der Waals surface area contributed by atoms with Gasteiger partial charge in [-0.25, -0.2) is 0 Å². The average molecular weight is 240 g/mol. The maximum Gasteiger partial charge on any atom is 0.0703 e. The fraction of sp³-hybridized carbons (Fsp3) is 0.438. The van der Waals surface area contributed by atoms with E-state index in [0.29, 0.717) is 6.04 Å². The van der Waals surface area contributed by atoms with Crippen molar-refractivity contribution >= 4 is 16.6 Å². The number of para-hydroxylation sites is 1. The molecule has 0 bridgehead atoms. The monoisotopic (exact) mass is 240 g/mol. The highest BCUT2D eigenvalue weighted by Gasteiger charge is 2.25. The first kappa shape index (κ1) is 11.5. The first-order valence-corrected chi connectivity index (χ1v) is 6.98. The van der Waals surface area contributed by atoms with Crippen molar-refractivity contribution in [2.45, 2.75) is 38.6 Å². The molecule has 2 heteroatoms. The summed E-state index contributed by atoms with van der Waals surface area (Å²) in [5.41, 5.74) is 2.24. The Morgan fingerprint density at radius 3 is 3.06 bits per heavy atom. The lowest BCUT2D eigenvalue weighted by molar-refractivity contribution is 0.489. The van der Waals surface area contributed by atoms with Crippen molar-refractivity contribution in [1.82, 2.24) is 4.98 Å². The quantitative estimate of drug-likeness (QED) is 0.868. The Kier molecular flexibility index (Phi) is 3.18. The van der Waals surface area contributed by atoms with Crippen molar-refractivity contribution in [1.29, 1.82) is 0 Å². The van der Waals surface area contributed by atoms with Crippen LogP contribution in [0, 0.1) is 5.92 Å². The zero-order valence-corrected chi connectivity index (χ0v) is 10.9. The van der Waals surface area contributed by atoms with Crippen LogP contribution >= 0.6 is 0 Å². The van der Waals surface area contributed by atoms with Crippen LogP contribution in [0.2, 0.25) is 0 Å². The molecule has 2 nitrogen and oxygen atoms in total. The molecule has 0 spiro atoms. The summed E-state index contributed by atoms with van der Waals surface area (Å²) in [5, 5.41) is 4.89. The lowest BCUT2D eigenvalue weighted by Gasteiger charge is -2.20. The van der Waals surface area contributed by atoms with Crippen LogP contribution in [0.4, 0.5) is 5.69 Å². The molecule has 0 amide bonds. The summed E-state index contributed by atoms with van der Waals surface area (Å²) in [7, 11) is 0. The molecule has 2 atom stereocenters. The van der Waals surface area contributed by atoms with E-state index in [1.807, 2.05) is 12.3 Å². The summed E-state index contributed by atoms with van der Waals surface area (Å²) >= 11 is 0. The number of fused-ring (bicyclic) bond motifs is 1. The Balaban J connectivity index is 1.82. The Bertz CT molecular complexity index is 535. The van der Waals surface area contributed by atoms with Crippen molar-refractivity contribution in [3.63, 3.8) is 0 Å². The number of anilines is 1. The molecule has 1 aromatic carbocycles. The summed E-state index contributed by atoms with van der Waals surface area (Å²) in [6, 6.07) is 11.1. The van der Waals surface area contributed by atoms with Gasteiger partial charge in [0, 0.05) is 11.4 Å². The molecule has 1 aliphatic carbocycles. The molecule has 1 saturated carbocycles. The molecule has 1 aliphatic rings. The third kappa shape index (κ3) is 2.20. The fourth-order valence-corrected chi connectivity index (χ4v) is 3.08. The molecule has 2 aromatic rings. The minimum atomic E-state index is 0.637. The molecule has 1 fully saturated rings. The molecule has 1 aromatic heterocycles. The van der Waals surface area contributed by atoms with Crippen LogP contribution in [0.1, 0.15) is 32.6 Å². The number of benzene rings is 1. The number of nitrogens with zero attached hydrogens (tertiary/aromatic N) is 1. The maximum atomic E-state index is 4.51. The molecule has 1 heterocycles. The van der Waals surface area contributed by atoms with E-state index < -0.39 is 0 Å². The molecule has 3 rings (SSSR count). The van der Waals surface area contributed by atoms with E-state index in [1.165, 1.54) is 36.8 Å². The molecule has 18 heavy (non-hydrogen) atoms. The second-order valence-electron chi connectivity index (χ2n) is 5.27. The van der Waals surface area contributed by atoms with E-state index in [0.717, 1.165) is 11.4 Å². The van der Waals surface area contributed by atoms with Gasteiger partial charge in [-0.3, -0.25) is 4.98 Å². The summed E-state index contributed by atoms with van der Waals surface area (Å²) in [6.07, 6.45) is 7.27. The van der Waals surface area contributed by atoms with Crippen LogP contribution in [0.5, 0.6) is 0 Å². The number of rotatable bonds is 3. The van der Waals surface area contributed by atoms with E-state index >= 15 is 0 Å². The van der Waals surface area contributed by atoms with E-state index in [-0.39, 0.29) is 0 Å². The molecule has 2 unspecified atom stereocenters. The van der Waals surface area contributed by atoms with Crippen molar-refractivity contribution in [2.24, 2.45) is 5.92 Å². The van der Waals surface area contributed by atoms with Crippen LogP contribution in [0.15, 0.2) is 36.5 Å². The van der Waals surface area contributed by atoms with E-state index in [1.54, 1.807) is 0 Å². The van der Waals surface area contributed by atoms with Gasteiger partial charge in [0.15, 0.2) is 0 Å². The predicted octanol–water partition coefficient (Wildman–Crippen LogP) is 4.23. The van der Waals surface area contributed by atoms with Gasteiger partial charge < -0.3 is 5.32 Å². The van der Waals surface area contributed by atoms with Gasteiger partial charge in [-0.15, -0.1) is 0 Å². The zero-order chi connectivity index (χ0) is 12.4. The van der Waals surface area contributed by atoms with Crippen LogP contribution in [-0.2, 0) is 0 Å². The van der Waals surface area contributed by atoms with Gasteiger partial charge in [-0.2, -0.15) is 0 Å². The predicted molar refractivity (Wildman–Crippen MR) is 76.8 cm³/mol. The molecular weight excluding hydrogens is 220 g/mol. The smallest absolute Gasteiger partial charge is 0.0703 e. The lowest BCUT2D eigenvalue weighted by atomic mass is 10.0. The summed E-state index contributed by atoms with van der Waals surface area (Å²) in [4.78, 5) is 4.51. The third-order valence-corrected chi connectivity index (χ3v) is 4.13. The number of pyridine rings is 1. The zero-order valence-electron chi connectivity index (χ0n) is 10.9. The average Bonchev–Trinajstić information content (AvgIpc) is 2.86. The van der Waals surface area contributed by atoms with E-state index in [9.17, 15) is 0 Å². The van der Waals surface area contributed by atoms with Crippen LogP contribution in [0.25, 0.3) is 10.9 Å². The van der Waals surface area contributed by atoms with Gasteiger partial charge >= 0.3 is 0 Å². The number of aromatic nitrogens is 1. The first-order valence-electron chi connectivity index (χ1n) is 6.98. The first-order chi connectivity index (χ1) is 8.86. The molecule has 94 valence electrons. The highest BCUT2D eigenvalue weighted by atomic mass is 14.9. The largest absolute Gasteiger partial charge is 0.381 e. The normalized spacial score (nSPS) is 23.4. The van der Waals surface area contributed by atoms with Crippen molar-refractivity contribution in [3.8, 4) is 0 Å². The van der Waals surface area contributed by atoms with E-state index in [2.05, 4.69) is 41.5 Å². The van der Waals surface area contributed by atoms with Crippen LogP contribution in [0.3, 0.4) is 0 Å². The second kappa shape index (κ2) is 4.97. The Morgan fingerprint density at radius 1 is 1.28 bits per heavy atom. The maximum absolute atomic E-state index is 4.51. The Labute approximate surface area is 108 Å². The molecule has 0 aliphatic heterocycles. The SMILES string of the molecule is CCC1CCCC1Nc1cnc2ccccc2c1.